The molecule has 0 amide bonds. The van der Waals surface area contributed by atoms with Crippen LogP contribution in [-0.2, 0) is 14.3 Å². The first-order valence-corrected chi connectivity index (χ1v) is 6.93. The second kappa shape index (κ2) is 5.09. The summed E-state index contributed by atoms with van der Waals surface area (Å²) in [5.74, 6) is 0. The minimum Gasteiger partial charge on any atom is -0.298 e. The molecule has 0 aromatic carbocycles. The lowest BCUT2D eigenvalue weighted by Crippen LogP contribution is -2.52. The molecule has 5 heteroatoms. The van der Waals surface area contributed by atoms with Crippen molar-refractivity contribution in [3.63, 3.8) is 0 Å². The smallest absolute Gasteiger partial charge is 0.264 e. The van der Waals surface area contributed by atoms with Gasteiger partial charge in [0.05, 0.1) is 6.26 Å². The summed E-state index contributed by atoms with van der Waals surface area (Å²) in [7, 11) is -3.26. The van der Waals surface area contributed by atoms with E-state index in [4.69, 9.17) is 4.18 Å². The average Bonchev–Trinajstić information content (AvgIpc) is 1.97. The van der Waals surface area contributed by atoms with Gasteiger partial charge < -0.3 is 0 Å². The molecule has 0 aromatic heterocycles. The lowest BCUT2D eigenvalue weighted by atomic mass is 10.1. The van der Waals surface area contributed by atoms with Crippen LogP contribution in [-0.4, -0.2) is 45.3 Å². The fourth-order valence-electron chi connectivity index (χ4n) is 1.60. The standard InChI is InChI=1S/C9H19NO3S/c1-3-4-5-6-10-7-9(8-10)13-14(2,11)12/h9H,3-8H2,1-2H3. The molecule has 1 aliphatic rings. The van der Waals surface area contributed by atoms with Crippen molar-refractivity contribution < 1.29 is 12.6 Å². The van der Waals surface area contributed by atoms with Crippen LogP contribution in [0.25, 0.3) is 0 Å². The van der Waals surface area contributed by atoms with Crippen molar-refractivity contribution in [2.75, 3.05) is 25.9 Å². The third kappa shape index (κ3) is 4.39. The molecule has 1 fully saturated rings. The molecule has 1 aliphatic heterocycles. The van der Waals surface area contributed by atoms with Crippen LogP contribution < -0.4 is 0 Å². The second-order valence-corrected chi connectivity index (χ2v) is 5.49. The largest absolute Gasteiger partial charge is 0.298 e. The molecule has 1 rings (SSSR count). The molecule has 0 atom stereocenters. The van der Waals surface area contributed by atoms with Crippen LogP contribution in [0.15, 0.2) is 0 Å². The van der Waals surface area contributed by atoms with Crippen molar-refractivity contribution in [3.8, 4) is 0 Å². The Labute approximate surface area is 86.4 Å². The summed E-state index contributed by atoms with van der Waals surface area (Å²) >= 11 is 0. The molecule has 0 spiro atoms. The maximum Gasteiger partial charge on any atom is 0.264 e. The van der Waals surface area contributed by atoms with E-state index in [1.54, 1.807) is 0 Å². The van der Waals surface area contributed by atoms with E-state index in [1.165, 1.54) is 19.3 Å². The normalized spacial score (nSPS) is 19.6. The van der Waals surface area contributed by atoms with Crippen LogP contribution in [0.1, 0.15) is 26.2 Å². The topological polar surface area (TPSA) is 46.6 Å². The van der Waals surface area contributed by atoms with Gasteiger partial charge in [-0.2, -0.15) is 8.42 Å². The number of hydrogen-bond acceptors (Lipinski definition) is 4. The van der Waals surface area contributed by atoms with Crippen LogP contribution in [0.5, 0.6) is 0 Å². The van der Waals surface area contributed by atoms with E-state index in [1.807, 2.05) is 0 Å². The number of likely N-dealkylation sites (tertiary alicyclic amines) is 1. The highest BCUT2D eigenvalue weighted by atomic mass is 32.2. The predicted molar refractivity (Wildman–Crippen MR) is 55.7 cm³/mol. The van der Waals surface area contributed by atoms with Crippen LogP contribution in [0.2, 0.25) is 0 Å². The minimum absolute atomic E-state index is 0.105. The molecule has 1 saturated heterocycles. The first-order valence-electron chi connectivity index (χ1n) is 5.12. The number of rotatable bonds is 6. The van der Waals surface area contributed by atoms with Gasteiger partial charge in [0.15, 0.2) is 0 Å². The highest BCUT2D eigenvalue weighted by Gasteiger charge is 2.29. The van der Waals surface area contributed by atoms with E-state index in [9.17, 15) is 8.42 Å². The zero-order chi connectivity index (χ0) is 10.6. The SMILES string of the molecule is CCCCCN1CC(OS(C)(=O)=O)C1. The zero-order valence-corrected chi connectivity index (χ0v) is 9.72. The molecule has 84 valence electrons. The number of unbranched alkanes of at least 4 members (excludes halogenated alkanes) is 2. The molecular formula is C9H19NO3S. The lowest BCUT2D eigenvalue weighted by Gasteiger charge is -2.37. The van der Waals surface area contributed by atoms with Gasteiger partial charge in [0.2, 0.25) is 0 Å². The molecule has 0 saturated carbocycles. The second-order valence-electron chi connectivity index (χ2n) is 3.89. The Hall–Kier alpha value is -0.130. The van der Waals surface area contributed by atoms with E-state index < -0.39 is 10.1 Å². The Balaban J connectivity index is 2.06. The number of hydrogen-bond donors (Lipinski definition) is 0. The van der Waals surface area contributed by atoms with Crippen molar-refractivity contribution in [1.29, 1.82) is 0 Å². The first kappa shape index (κ1) is 11.9. The summed E-state index contributed by atoms with van der Waals surface area (Å²) < 4.78 is 26.4. The third-order valence-corrected chi connectivity index (χ3v) is 2.93. The molecule has 0 aromatic rings. The van der Waals surface area contributed by atoms with Gasteiger partial charge in [-0.3, -0.25) is 9.08 Å². The first-order chi connectivity index (χ1) is 6.51. The van der Waals surface area contributed by atoms with E-state index in [2.05, 4.69) is 11.8 Å². The van der Waals surface area contributed by atoms with Crippen LogP contribution >= 0.6 is 0 Å². The average molecular weight is 221 g/mol. The highest BCUT2D eigenvalue weighted by Crippen LogP contribution is 2.14. The van der Waals surface area contributed by atoms with E-state index in [0.717, 1.165) is 25.9 Å². The molecular weight excluding hydrogens is 202 g/mol. The summed E-state index contributed by atoms with van der Waals surface area (Å²) in [5.41, 5.74) is 0. The molecule has 0 radical (unpaired) electrons. The summed E-state index contributed by atoms with van der Waals surface area (Å²) in [6, 6.07) is 0. The Morgan fingerprint density at radius 2 is 2.00 bits per heavy atom. The van der Waals surface area contributed by atoms with E-state index in [0.29, 0.717) is 0 Å². The van der Waals surface area contributed by atoms with Crippen molar-refractivity contribution in [2.45, 2.75) is 32.3 Å². The minimum atomic E-state index is -3.26. The van der Waals surface area contributed by atoms with Crippen molar-refractivity contribution >= 4 is 10.1 Å². The Morgan fingerprint density at radius 1 is 1.36 bits per heavy atom. The summed E-state index contributed by atoms with van der Waals surface area (Å²) in [6.07, 6.45) is 4.66. The quantitative estimate of drug-likeness (QED) is 0.492. The van der Waals surface area contributed by atoms with Gasteiger partial charge >= 0.3 is 0 Å². The van der Waals surface area contributed by atoms with Crippen LogP contribution in [0.3, 0.4) is 0 Å². The molecule has 0 N–H and O–H groups in total. The number of nitrogens with zero attached hydrogens (tertiary/aromatic N) is 1. The molecule has 4 nitrogen and oxygen atoms in total. The zero-order valence-electron chi connectivity index (χ0n) is 8.90. The van der Waals surface area contributed by atoms with Crippen LogP contribution in [0.4, 0.5) is 0 Å². The van der Waals surface area contributed by atoms with Gasteiger partial charge in [-0.25, -0.2) is 0 Å². The molecule has 0 unspecified atom stereocenters. The Kier molecular flexibility index (Phi) is 4.34. The highest BCUT2D eigenvalue weighted by molar-refractivity contribution is 7.86. The lowest BCUT2D eigenvalue weighted by molar-refractivity contribution is 0.0241. The maximum absolute atomic E-state index is 10.8. The Bertz CT molecular complexity index is 257. The molecule has 14 heavy (non-hydrogen) atoms. The predicted octanol–water partition coefficient (Wildman–Crippen LogP) is 0.837. The van der Waals surface area contributed by atoms with Gasteiger partial charge in [0.1, 0.15) is 6.10 Å². The van der Waals surface area contributed by atoms with Crippen molar-refractivity contribution in [3.05, 3.63) is 0 Å². The van der Waals surface area contributed by atoms with Gasteiger partial charge in [0.25, 0.3) is 10.1 Å². The Morgan fingerprint density at radius 3 is 2.50 bits per heavy atom. The van der Waals surface area contributed by atoms with Gasteiger partial charge in [-0.15, -0.1) is 0 Å². The van der Waals surface area contributed by atoms with E-state index in [-0.39, 0.29) is 6.10 Å². The fourth-order valence-corrected chi connectivity index (χ4v) is 2.21. The summed E-state index contributed by atoms with van der Waals surface area (Å²) in [4.78, 5) is 2.23. The monoisotopic (exact) mass is 221 g/mol. The van der Waals surface area contributed by atoms with Crippen LogP contribution in [0, 0.1) is 0 Å². The maximum atomic E-state index is 10.8. The van der Waals surface area contributed by atoms with E-state index >= 15 is 0 Å². The fraction of sp³-hybridized carbons (Fsp3) is 1.00. The van der Waals surface area contributed by atoms with Gasteiger partial charge in [-0.05, 0) is 13.0 Å². The summed E-state index contributed by atoms with van der Waals surface area (Å²) in [6.45, 7) is 4.76. The molecule has 1 heterocycles. The molecule has 0 bridgehead atoms. The van der Waals surface area contributed by atoms with Crippen molar-refractivity contribution in [1.82, 2.24) is 4.90 Å². The van der Waals surface area contributed by atoms with Crippen molar-refractivity contribution in [2.24, 2.45) is 0 Å². The summed E-state index contributed by atoms with van der Waals surface area (Å²) in [5, 5.41) is 0. The van der Waals surface area contributed by atoms with Gasteiger partial charge in [0, 0.05) is 13.1 Å². The third-order valence-electron chi connectivity index (χ3n) is 2.31. The van der Waals surface area contributed by atoms with Gasteiger partial charge in [-0.1, -0.05) is 19.8 Å². The molecule has 0 aliphatic carbocycles.